The van der Waals surface area contributed by atoms with Crippen LogP contribution in [0.25, 0.3) is 11.0 Å². The highest BCUT2D eigenvalue weighted by Gasteiger charge is 2.22. The predicted molar refractivity (Wildman–Crippen MR) is 88.7 cm³/mol. The first-order valence-electron chi connectivity index (χ1n) is 7.44. The Hall–Kier alpha value is -2.60. The molecule has 0 amide bonds. The van der Waals surface area contributed by atoms with E-state index in [0.717, 1.165) is 29.0 Å². The van der Waals surface area contributed by atoms with Crippen LogP contribution in [0.2, 0.25) is 0 Å². The number of para-hydroxylation sites is 2. The van der Waals surface area contributed by atoms with E-state index in [1.54, 1.807) is 0 Å². The molecule has 0 saturated heterocycles. The van der Waals surface area contributed by atoms with Gasteiger partial charge in [0.2, 0.25) is 0 Å². The van der Waals surface area contributed by atoms with E-state index >= 15 is 0 Å². The molecule has 0 unspecified atom stereocenters. The highest BCUT2D eigenvalue weighted by molar-refractivity contribution is 5.76. The Morgan fingerprint density at radius 3 is 2.59 bits per heavy atom. The van der Waals surface area contributed by atoms with Crippen molar-refractivity contribution in [3.8, 4) is 6.07 Å². The molecular weight excluding hydrogens is 270 g/mol. The van der Waals surface area contributed by atoms with Crippen molar-refractivity contribution in [3.05, 3.63) is 65.5 Å². The Morgan fingerprint density at radius 1 is 1.09 bits per heavy atom. The molecule has 3 rings (SSSR count). The molecule has 0 N–H and O–H groups in total. The van der Waals surface area contributed by atoms with Crippen LogP contribution in [0, 0.1) is 11.3 Å². The van der Waals surface area contributed by atoms with Gasteiger partial charge in [-0.25, -0.2) is 4.98 Å². The van der Waals surface area contributed by atoms with E-state index in [0.29, 0.717) is 5.56 Å². The first-order valence-corrected chi connectivity index (χ1v) is 7.44. The zero-order chi connectivity index (χ0) is 15.7. The summed E-state index contributed by atoms with van der Waals surface area (Å²) < 4.78 is 2.26. The second-order valence-corrected chi connectivity index (χ2v) is 6.57. The zero-order valence-corrected chi connectivity index (χ0v) is 13.2. The summed E-state index contributed by atoms with van der Waals surface area (Å²) in [5.74, 6) is 1.07. The van der Waals surface area contributed by atoms with Crippen molar-refractivity contribution >= 4 is 11.0 Å². The third-order valence-corrected chi connectivity index (χ3v) is 3.72. The first-order chi connectivity index (χ1) is 10.5. The summed E-state index contributed by atoms with van der Waals surface area (Å²) in [6, 6.07) is 18.2. The molecule has 1 heterocycles. The van der Waals surface area contributed by atoms with Crippen molar-refractivity contribution < 1.29 is 0 Å². The Morgan fingerprint density at radius 2 is 1.86 bits per heavy atom. The van der Waals surface area contributed by atoms with E-state index in [-0.39, 0.29) is 5.41 Å². The maximum Gasteiger partial charge on any atom is 0.115 e. The van der Waals surface area contributed by atoms with E-state index in [4.69, 9.17) is 10.2 Å². The molecule has 3 heteroatoms. The normalized spacial score (nSPS) is 11.5. The topological polar surface area (TPSA) is 41.6 Å². The van der Waals surface area contributed by atoms with Gasteiger partial charge in [-0.2, -0.15) is 5.26 Å². The lowest BCUT2D eigenvalue weighted by Crippen LogP contribution is -2.19. The summed E-state index contributed by atoms with van der Waals surface area (Å²) in [5.41, 5.74) is 3.93. The van der Waals surface area contributed by atoms with Crippen molar-refractivity contribution in [1.29, 1.82) is 5.26 Å². The van der Waals surface area contributed by atoms with Gasteiger partial charge in [0, 0.05) is 12.0 Å². The summed E-state index contributed by atoms with van der Waals surface area (Å²) >= 11 is 0. The standard InChI is InChI=1S/C19H19N3/c1-19(2,3)18-21-16-9-4-5-10-17(16)22(18)13-15-8-6-7-14(11-15)12-20/h4-11H,13H2,1-3H3. The minimum atomic E-state index is -0.0359. The molecule has 0 fully saturated rings. The van der Waals surface area contributed by atoms with Crippen LogP contribution in [-0.2, 0) is 12.0 Å². The number of fused-ring (bicyclic) bond motifs is 1. The minimum Gasteiger partial charge on any atom is -0.323 e. The molecule has 0 spiro atoms. The molecule has 0 bridgehead atoms. The average Bonchev–Trinajstić information content (AvgIpc) is 2.87. The maximum absolute atomic E-state index is 9.07. The van der Waals surface area contributed by atoms with Gasteiger partial charge in [-0.15, -0.1) is 0 Å². The average molecular weight is 289 g/mol. The Balaban J connectivity index is 2.14. The number of imidazole rings is 1. The van der Waals surface area contributed by atoms with Crippen molar-refractivity contribution in [3.63, 3.8) is 0 Å². The Kier molecular flexibility index (Phi) is 3.46. The summed E-state index contributed by atoms with van der Waals surface area (Å²) in [5, 5.41) is 9.07. The molecule has 1 aromatic heterocycles. The summed E-state index contributed by atoms with van der Waals surface area (Å²) in [6.45, 7) is 7.26. The van der Waals surface area contributed by atoms with Crippen molar-refractivity contribution in [2.75, 3.05) is 0 Å². The van der Waals surface area contributed by atoms with E-state index in [2.05, 4.69) is 43.5 Å². The quantitative estimate of drug-likeness (QED) is 0.707. The monoisotopic (exact) mass is 289 g/mol. The van der Waals surface area contributed by atoms with Crippen LogP contribution >= 0.6 is 0 Å². The fraction of sp³-hybridized carbons (Fsp3) is 0.263. The fourth-order valence-electron chi connectivity index (χ4n) is 2.73. The zero-order valence-electron chi connectivity index (χ0n) is 13.2. The molecule has 22 heavy (non-hydrogen) atoms. The summed E-state index contributed by atoms with van der Waals surface area (Å²) in [4.78, 5) is 4.82. The fourth-order valence-corrected chi connectivity index (χ4v) is 2.73. The van der Waals surface area contributed by atoms with Crippen molar-refractivity contribution in [1.82, 2.24) is 9.55 Å². The number of aromatic nitrogens is 2. The van der Waals surface area contributed by atoms with Gasteiger partial charge >= 0.3 is 0 Å². The molecule has 3 nitrogen and oxygen atoms in total. The molecule has 0 saturated carbocycles. The van der Waals surface area contributed by atoms with Gasteiger partial charge < -0.3 is 4.57 Å². The van der Waals surface area contributed by atoms with Crippen LogP contribution < -0.4 is 0 Å². The predicted octanol–water partition coefficient (Wildman–Crippen LogP) is 4.25. The number of nitriles is 1. The van der Waals surface area contributed by atoms with Gasteiger partial charge in [-0.1, -0.05) is 45.0 Å². The summed E-state index contributed by atoms with van der Waals surface area (Å²) in [6.07, 6.45) is 0. The molecule has 2 aromatic carbocycles. The molecule has 0 aliphatic heterocycles. The third kappa shape index (κ3) is 2.60. The van der Waals surface area contributed by atoms with Gasteiger partial charge in [0.25, 0.3) is 0 Å². The third-order valence-electron chi connectivity index (χ3n) is 3.72. The van der Waals surface area contributed by atoms with E-state index in [1.807, 2.05) is 36.4 Å². The van der Waals surface area contributed by atoms with E-state index < -0.39 is 0 Å². The number of hydrogen-bond acceptors (Lipinski definition) is 2. The highest BCUT2D eigenvalue weighted by Crippen LogP contribution is 2.27. The number of nitrogens with zero attached hydrogens (tertiary/aromatic N) is 3. The van der Waals surface area contributed by atoms with Crippen LogP contribution in [0.4, 0.5) is 0 Å². The van der Waals surface area contributed by atoms with Crippen LogP contribution in [0.1, 0.15) is 37.7 Å². The molecule has 0 atom stereocenters. The maximum atomic E-state index is 9.07. The lowest BCUT2D eigenvalue weighted by Gasteiger charge is -2.20. The largest absolute Gasteiger partial charge is 0.323 e. The van der Waals surface area contributed by atoms with Gasteiger partial charge in [-0.05, 0) is 29.8 Å². The SMILES string of the molecule is CC(C)(C)c1nc2ccccc2n1Cc1cccc(C#N)c1. The molecule has 0 radical (unpaired) electrons. The lowest BCUT2D eigenvalue weighted by molar-refractivity contribution is 0.516. The summed E-state index contributed by atoms with van der Waals surface area (Å²) in [7, 11) is 0. The number of hydrogen-bond donors (Lipinski definition) is 0. The van der Waals surface area contributed by atoms with Crippen molar-refractivity contribution in [2.45, 2.75) is 32.7 Å². The van der Waals surface area contributed by atoms with Crippen molar-refractivity contribution in [2.24, 2.45) is 0 Å². The van der Waals surface area contributed by atoms with Crippen LogP contribution in [0.3, 0.4) is 0 Å². The van der Waals surface area contributed by atoms with E-state index in [9.17, 15) is 0 Å². The minimum absolute atomic E-state index is 0.0359. The molecule has 3 aromatic rings. The Bertz CT molecular complexity index is 860. The van der Waals surface area contributed by atoms with Gasteiger partial charge in [0.05, 0.1) is 22.7 Å². The van der Waals surface area contributed by atoms with E-state index in [1.165, 1.54) is 0 Å². The lowest BCUT2D eigenvalue weighted by atomic mass is 9.95. The second kappa shape index (κ2) is 5.31. The smallest absolute Gasteiger partial charge is 0.115 e. The van der Waals surface area contributed by atoms with Gasteiger partial charge in [0.15, 0.2) is 0 Å². The first kappa shape index (κ1) is 14.3. The van der Waals surface area contributed by atoms with Crippen LogP contribution in [0.15, 0.2) is 48.5 Å². The van der Waals surface area contributed by atoms with Crippen LogP contribution in [-0.4, -0.2) is 9.55 Å². The Labute approximate surface area is 130 Å². The van der Waals surface area contributed by atoms with Gasteiger partial charge in [-0.3, -0.25) is 0 Å². The molecule has 0 aliphatic rings. The number of rotatable bonds is 2. The molecule has 110 valence electrons. The van der Waals surface area contributed by atoms with Crippen LogP contribution in [0.5, 0.6) is 0 Å². The second-order valence-electron chi connectivity index (χ2n) is 6.57. The molecule has 0 aliphatic carbocycles. The highest BCUT2D eigenvalue weighted by atomic mass is 15.1. The number of benzene rings is 2. The van der Waals surface area contributed by atoms with Gasteiger partial charge in [0.1, 0.15) is 5.82 Å². The molecular formula is C19H19N3.